The van der Waals surface area contributed by atoms with Crippen LogP contribution in [0, 0.1) is 6.92 Å². The lowest BCUT2D eigenvalue weighted by Crippen LogP contribution is -2.22. The van der Waals surface area contributed by atoms with Crippen molar-refractivity contribution >= 4 is 29.2 Å². The van der Waals surface area contributed by atoms with Gasteiger partial charge in [0, 0.05) is 12.1 Å². The summed E-state index contributed by atoms with van der Waals surface area (Å²) in [5, 5.41) is 3.12. The number of nitrogens with one attached hydrogen (secondary N) is 1. The zero-order valence-corrected chi connectivity index (χ0v) is 17.5. The number of benzene rings is 2. The minimum absolute atomic E-state index is 0.200. The Morgan fingerprint density at radius 1 is 1.21 bits per heavy atom. The van der Waals surface area contributed by atoms with Gasteiger partial charge < -0.3 is 19.5 Å². The van der Waals surface area contributed by atoms with Gasteiger partial charge in [0.2, 0.25) is 0 Å². The smallest absolute Gasteiger partial charge is 0.338 e. The Morgan fingerprint density at radius 3 is 2.72 bits per heavy atom. The van der Waals surface area contributed by atoms with E-state index in [2.05, 4.69) is 19.2 Å². The number of anilines is 1. The summed E-state index contributed by atoms with van der Waals surface area (Å²) in [6, 6.07) is 8.82. The van der Waals surface area contributed by atoms with Gasteiger partial charge in [0.1, 0.15) is 0 Å². The molecule has 1 aliphatic heterocycles. The molecule has 0 saturated heterocycles. The van der Waals surface area contributed by atoms with Crippen molar-refractivity contribution in [2.24, 2.45) is 0 Å². The molecule has 0 atom stereocenters. The first-order valence-electron chi connectivity index (χ1n) is 9.52. The monoisotopic (exact) mass is 417 g/mol. The van der Waals surface area contributed by atoms with E-state index in [-0.39, 0.29) is 16.5 Å². The van der Waals surface area contributed by atoms with Gasteiger partial charge in [-0.3, -0.25) is 4.79 Å². The van der Waals surface area contributed by atoms with Gasteiger partial charge in [-0.15, -0.1) is 0 Å². The van der Waals surface area contributed by atoms with Crippen molar-refractivity contribution in [2.75, 3.05) is 25.1 Å². The van der Waals surface area contributed by atoms with E-state index >= 15 is 0 Å². The van der Waals surface area contributed by atoms with Gasteiger partial charge in [-0.25, -0.2) is 4.79 Å². The van der Waals surface area contributed by atoms with Crippen molar-refractivity contribution < 1.29 is 23.8 Å². The Balaban J connectivity index is 1.66. The minimum atomic E-state index is -0.661. The highest BCUT2D eigenvalue weighted by molar-refractivity contribution is 6.32. The fourth-order valence-electron chi connectivity index (χ4n) is 3.08. The minimum Gasteiger partial charge on any atom is -0.489 e. The number of hydrogen-bond acceptors (Lipinski definition) is 5. The molecule has 0 spiro atoms. The normalized spacial score (nSPS) is 13.0. The number of fused-ring (bicyclic) bond motifs is 1. The second-order valence-corrected chi connectivity index (χ2v) is 7.56. The molecule has 29 heavy (non-hydrogen) atoms. The summed E-state index contributed by atoms with van der Waals surface area (Å²) in [5.74, 6) is -0.00893. The van der Waals surface area contributed by atoms with Crippen LogP contribution in [-0.2, 0) is 9.53 Å². The largest absolute Gasteiger partial charge is 0.489 e. The summed E-state index contributed by atoms with van der Waals surface area (Å²) in [4.78, 5) is 24.8. The molecule has 6 nitrogen and oxygen atoms in total. The highest BCUT2D eigenvalue weighted by Gasteiger charge is 2.20. The van der Waals surface area contributed by atoms with Gasteiger partial charge in [-0.1, -0.05) is 43.6 Å². The van der Waals surface area contributed by atoms with Gasteiger partial charge in [-0.05, 0) is 36.1 Å². The molecule has 1 amide bonds. The predicted octanol–water partition coefficient (Wildman–Crippen LogP) is 4.73. The van der Waals surface area contributed by atoms with E-state index in [1.807, 2.05) is 25.1 Å². The van der Waals surface area contributed by atoms with Crippen LogP contribution in [0.4, 0.5) is 5.69 Å². The number of hydrogen-bond donors (Lipinski definition) is 1. The lowest BCUT2D eigenvalue weighted by molar-refractivity contribution is -0.119. The standard InChI is InChI=1S/C22H24ClNO5/c1-13(2)16-7-4-6-14(3)20(16)24-19(25)12-29-22(26)15-10-17(23)21-18(11-15)27-8-5-9-28-21/h4,6-7,10-11,13H,5,8-9,12H2,1-3H3,(H,24,25). The zero-order valence-electron chi connectivity index (χ0n) is 16.7. The first-order chi connectivity index (χ1) is 13.9. The molecule has 1 heterocycles. The van der Waals surface area contributed by atoms with Crippen molar-refractivity contribution in [3.63, 3.8) is 0 Å². The Hall–Kier alpha value is -2.73. The Bertz CT molecular complexity index is 926. The molecule has 1 aliphatic rings. The van der Waals surface area contributed by atoms with Crippen LogP contribution in [0.2, 0.25) is 5.02 Å². The first-order valence-corrected chi connectivity index (χ1v) is 9.90. The maximum atomic E-state index is 12.4. The van der Waals surface area contributed by atoms with Crippen molar-refractivity contribution in [2.45, 2.75) is 33.1 Å². The molecule has 0 unspecified atom stereocenters. The molecule has 0 bridgehead atoms. The zero-order chi connectivity index (χ0) is 21.0. The van der Waals surface area contributed by atoms with Crippen LogP contribution >= 0.6 is 11.6 Å². The van der Waals surface area contributed by atoms with E-state index in [1.165, 1.54) is 12.1 Å². The van der Waals surface area contributed by atoms with E-state index < -0.39 is 18.5 Å². The lowest BCUT2D eigenvalue weighted by atomic mass is 9.98. The number of ether oxygens (including phenoxy) is 3. The van der Waals surface area contributed by atoms with Crippen LogP contribution in [-0.4, -0.2) is 31.7 Å². The summed E-state index contributed by atoms with van der Waals surface area (Å²) in [6.45, 7) is 6.59. The van der Waals surface area contributed by atoms with Crippen LogP contribution in [0.15, 0.2) is 30.3 Å². The maximum Gasteiger partial charge on any atom is 0.338 e. The number of esters is 1. The summed E-state index contributed by atoms with van der Waals surface area (Å²) in [5.41, 5.74) is 2.93. The topological polar surface area (TPSA) is 73.9 Å². The molecule has 2 aromatic carbocycles. The molecule has 0 fully saturated rings. The summed E-state index contributed by atoms with van der Waals surface area (Å²) in [7, 11) is 0. The molecule has 154 valence electrons. The van der Waals surface area contributed by atoms with Crippen LogP contribution < -0.4 is 14.8 Å². The third kappa shape index (κ3) is 5.01. The Kier molecular flexibility index (Phi) is 6.64. The second kappa shape index (κ2) is 9.18. The van der Waals surface area contributed by atoms with Gasteiger partial charge in [0.15, 0.2) is 18.1 Å². The van der Waals surface area contributed by atoms with E-state index in [4.69, 9.17) is 25.8 Å². The van der Waals surface area contributed by atoms with Gasteiger partial charge in [0.05, 0.1) is 23.8 Å². The Morgan fingerprint density at radius 2 is 1.97 bits per heavy atom. The number of carbonyl (C=O) groups excluding carboxylic acids is 2. The van der Waals surface area contributed by atoms with Crippen LogP contribution in [0.3, 0.4) is 0 Å². The van der Waals surface area contributed by atoms with Gasteiger partial charge >= 0.3 is 5.97 Å². The molecule has 7 heteroatoms. The number of rotatable bonds is 5. The van der Waals surface area contributed by atoms with Gasteiger partial charge in [0.25, 0.3) is 5.91 Å². The van der Waals surface area contributed by atoms with E-state index in [0.717, 1.165) is 23.2 Å². The second-order valence-electron chi connectivity index (χ2n) is 7.15. The van der Waals surface area contributed by atoms with Crippen LogP contribution in [0.25, 0.3) is 0 Å². The number of para-hydroxylation sites is 1. The maximum absolute atomic E-state index is 12.4. The highest BCUT2D eigenvalue weighted by atomic mass is 35.5. The summed E-state index contributed by atoms with van der Waals surface area (Å²) >= 11 is 6.21. The average Bonchev–Trinajstić information content (AvgIpc) is 2.93. The van der Waals surface area contributed by atoms with Crippen LogP contribution in [0.1, 0.15) is 47.7 Å². The number of amides is 1. The van der Waals surface area contributed by atoms with Crippen molar-refractivity contribution in [1.82, 2.24) is 0 Å². The molecule has 1 N–H and O–H groups in total. The molecular formula is C22H24ClNO5. The highest BCUT2D eigenvalue weighted by Crippen LogP contribution is 2.38. The molecule has 0 radical (unpaired) electrons. The van der Waals surface area contributed by atoms with E-state index in [1.54, 1.807) is 0 Å². The fourth-order valence-corrected chi connectivity index (χ4v) is 3.35. The quantitative estimate of drug-likeness (QED) is 0.712. The Labute approximate surface area is 175 Å². The van der Waals surface area contributed by atoms with E-state index in [0.29, 0.717) is 24.7 Å². The number of halogens is 1. The molecule has 0 aliphatic carbocycles. The van der Waals surface area contributed by atoms with Crippen molar-refractivity contribution in [1.29, 1.82) is 0 Å². The van der Waals surface area contributed by atoms with Crippen molar-refractivity contribution in [3.05, 3.63) is 52.0 Å². The number of carbonyl (C=O) groups is 2. The molecule has 0 aromatic heterocycles. The third-order valence-corrected chi connectivity index (χ3v) is 4.84. The average molecular weight is 418 g/mol. The fraction of sp³-hybridized carbons (Fsp3) is 0.364. The van der Waals surface area contributed by atoms with Crippen molar-refractivity contribution in [3.8, 4) is 11.5 Å². The first kappa shape index (κ1) is 21.0. The molecule has 2 aromatic rings. The van der Waals surface area contributed by atoms with Gasteiger partial charge in [-0.2, -0.15) is 0 Å². The lowest BCUT2D eigenvalue weighted by Gasteiger charge is -2.16. The molecular weight excluding hydrogens is 394 g/mol. The number of aryl methyl sites for hydroxylation is 1. The SMILES string of the molecule is Cc1cccc(C(C)C)c1NC(=O)COC(=O)c1cc(Cl)c2c(c1)OCCCO2. The summed E-state index contributed by atoms with van der Waals surface area (Å²) in [6.07, 6.45) is 0.724. The molecule has 0 saturated carbocycles. The third-order valence-electron chi connectivity index (χ3n) is 4.56. The molecule has 3 rings (SSSR count). The summed E-state index contributed by atoms with van der Waals surface area (Å²) < 4.78 is 16.3. The predicted molar refractivity (Wildman–Crippen MR) is 111 cm³/mol. The van der Waals surface area contributed by atoms with E-state index in [9.17, 15) is 9.59 Å². The van der Waals surface area contributed by atoms with Crippen LogP contribution in [0.5, 0.6) is 11.5 Å².